The predicted molar refractivity (Wildman–Crippen MR) is 415 cm³/mol. The fourth-order valence-electron chi connectivity index (χ4n) is 9.59. The van der Waals surface area contributed by atoms with Crippen LogP contribution in [0, 0.1) is 27.2 Å². The van der Waals surface area contributed by atoms with Gasteiger partial charge in [0.1, 0.15) is 44.7 Å². The summed E-state index contributed by atoms with van der Waals surface area (Å²) in [6.07, 6.45) is 2.50. The molecule has 2 heterocycles. The van der Waals surface area contributed by atoms with Crippen molar-refractivity contribution in [2.75, 3.05) is 317 Å². The van der Waals surface area contributed by atoms with E-state index >= 15 is 0 Å². The van der Waals surface area contributed by atoms with Crippen LogP contribution < -0.4 is 40.8 Å². The zero-order valence-electron chi connectivity index (χ0n) is 68.7. The predicted octanol–water partition coefficient (Wildman–Crippen LogP) is 1.88. The summed E-state index contributed by atoms with van der Waals surface area (Å²) in [6, 6.07) is 3.12. The Balaban J connectivity index is 1.27. The second-order valence-corrected chi connectivity index (χ2v) is 25.6. The largest absolute Gasteiger partial charge is 0.487 e. The van der Waals surface area contributed by atoms with Crippen molar-refractivity contribution in [2.45, 2.75) is 72.2 Å². The Morgan fingerprint density at radius 1 is 0.440 bits per heavy atom. The molecule has 42 nitrogen and oxygen atoms in total. The van der Waals surface area contributed by atoms with Crippen molar-refractivity contribution in [1.82, 2.24) is 41.0 Å². The van der Waals surface area contributed by atoms with Gasteiger partial charge in [-0.25, -0.2) is 19.2 Å². The summed E-state index contributed by atoms with van der Waals surface area (Å²) < 4.78 is 137. The fourth-order valence-corrected chi connectivity index (χ4v) is 9.59. The zero-order chi connectivity index (χ0) is 83.8. The van der Waals surface area contributed by atoms with Crippen molar-refractivity contribution in [1.29, 1.82) is 0 Å². The number of hydrogen-bond donors (Lipinski definition) is 5. The van der Waals surface area contributed by atoms with Crippen LogP contribution in [-0.4, -0.2) is 377 Å². The van der Waals surface area contributed by atoms with Gasteiger partial charge < -0.3 is 160 Å². The molecule has 0 bridgehead atoms. The summed E-state index contributed by atoms with van der Waals surface area (Å²) >= 11 is 0. The monoisotopic (exact) mass is 1670 g/mol. The van der Waals surface area contributed by atoms with E-state index in [0.717, 1.165) is 0 Å². The van der Waals surface area contributed by atoms with Gasteiger partial charge in [0.05, 0.1) is 277 Å². The van der Waals surface area contributed by atoms with Gasteiger partial charge in [0, 0.05) is 45.5 Å². The van der Waals surface area contributed by atoms with Crippen LogP contribution in [0.1, 0.15) is 63.1 Å². The number of aryl methyl sites for hydroxylation is 1. The molecule has 3 rings (SSSR count). The molecule has 5 N–H and O–H groups in total. The number of carbonyl (C=O) groups is 4. The van der Waals surface area contributed by atoms with Gasteiger partial charge in [0.15, 0.2) is 23.5 Å². The number of benzene rings is 1. The highest BCUT2D eigenvalue weighted by molar-refractivity contribution is 5.95. The van der Waals surface area contributed by atoms with E-state index in [9.17, 15) is 39.4 Å². The molecule has 1 atom stereocenters. The number of hydrogen-bond acceptors (Lipinski definition) is 35. The minimum atomic E-state index is -0.660. The number of nitrogens with one attached hydrogen (secondary N) is 5. The molecule has 42 heteroatoms. The van der Waals surface area contributed by atoms with E-state index in [1.54, 1.807) is 58.8 Å². The van der Waals surface area contributed by atoms with Gasteiger partial charge in [-0.3, -0.25) is 14.4 Å². The van der Waals surface area contributed by atoms with Gasteiger partial charge in [-0.15, -0.1) is 0 Å². The number of alkyl carbamates (subject to hydrolysis) is 1. The molecule has 668 valence electrons. The number of aromatic nitrogens is 2. The molecule has 0 aliphatic carbocycles. The molecule has 0 saturated heterocycles. The number of carbonyl (C=O) groups excluding carboxylic acids is 4. The zero-order valence-corrected chi connectivity index (χ0v) is 68.7. The van der Waals surface area contributed by atoms with Crippen LogP contribution in [0.25, 0.3) is 0 Å². The fraction of sp³-hybridized carbons (Fsp3) is 0.797. The molecule has 1 unspecified atom stereocenters. The maximum atomic E-state index is 13.7. The average molecular weight is 1670 g/mol. The Hall–Kier alpha value is -7.15. The first kappa shape index (κ1) is 103. The van der Waals surface area contributed by atoms with Crippen LogP contribution in [0.2, 0.25) is 0 Å². The standard InChI is InChI=1S/C74H130N10O32/c1-62-79-60-69(83(89)90)81(62)14-12-75-67(85)8-16-94-20-22-97-26-28-100-30-32-102-34-36-104-38-40-106-42-44-108-46-49-110-52-55-113-65-58-64(72(87)77-10-7-11-78-73(88)116-74(3,4)5)59-66(71(65)115-57-54-112-51-48-99-25-24-96-19-18-93-6)114-56-53-111-50-47-109-45-43-107-41-39-105-37-35-103-33-31-101-29-27-98-23-21-95-17-9-68(86)76-13-15-82-63(2)80-61-70(82)84(91)92/h58-62,79H,7-57H2,1-6H3,(H,75,85)(H,76,86)(H,77,87)(H,78,88). The number of nitrogens with zero attached hydrogens (tertiary/aromatic N) is 5. The second-order valence-electron chi connectivity index (χ2n) is 25.6. The van der Waals surface area contributed by atoms with Crippen LogP contribution in [0.3, 0.4) is 0 Å². The van der Waals surface area contributed by atoms with Crippen molar-refractivity contribution in [3.8, 4) is 17.2 Å². The molecular weight excluding hydrogens is 1540 g/mol. The number of nitro groups is 2. The Morgan fingerprint density at radius 2 is 0.767 bits per heavy atom. The van der Waals surface area contributed by atoms with Crippen molar-refractivity contribution >= 4 is 29.6 Å². The maximum absolute atomic E-state index is 13.7. The summed E-state index contributed by atoms with van der Waals surface area (Å²) in [5.41, 5.74) is -0.439. The van der Waals surface area contributed by atoms with E-state index < -0.39 is 27.4 Å². The van der Waals surface area contributed by atoms with Crippen molar-refractivity contribution in [3.05, 3.63) is 62.0 Å². The number of amides is 4. The third-order valence-electron chi connectivity index (χ3n) is 15.3. The van der Waals surface area contributed by atoms with E-state index in [2.05, 4.69) is 31.6 Å². The van der Waals surface area contributed by atoms with Gasteiger partial charge in [0.25, 0.3) is 5.91 Å². The first-order chi connectivity index (χ1) is 56.5. The average Bonchev–Trinajstić information content (AvgIpc) is 1.08. The van der Waals surface area contributed by atoms with Crippen molar-refractivity contribution in [3.63, 3.8) is 0 Å². The SMILES string of the molecule is COCCOCCOCCOCCOc1c(OCCOCCOCCOCCOCCOCCOCCOCCOCCC(=O)NCCN2C([N+](=O)[O-])=CNC2C)cc(C(=O)NCCCNC(=O)OC(C)(C)C)cc1OCCOCCOCCOCCOCCOCCOCCOCCOCCC(=O)NCCn1c([N+](=O)[O-])cnc1C. The topological polar surface area (TPSA) is 457 Å². The highest BCUT2D eigenvalue weighted by Crippen LogP contribution is 2.39. The summed E-state index contributed by atoms with van der Waals surface area (Å²) in [4.78, 5) is 76.9. The Morgan fingerprint density at radius 3 is 1.11 bits per heavy atom. The molecule has 1 aliphatic heterocycles. The third-order valence-corrected chi connectivity index (χ3v) is 15.3. The molecule has 4 amide bonds. The van der Waals surface area contributed by atoms with Gasteiger partial charge in [0.2, 0.25) is 17.6 Å². The molecule has 116 heavy (non-hydrogen) atoms. The van der Waals surface area contributed by atoms with Gasteiger partial charge in [-0.1, -0.05) is 0 Å². The van der Waals surface area contributed by atoms with E-state index in [1.165, 1.54) is 17.0 Å². The third kappa shape index (κ3) is 56.3. The van der Waals surface area contributed by atoms with Crippen LogP contribution in [0.5, 0.6) is 17.2 Å². The normalized spacial score (nSPS) is 12.7. The number of rotatable bonds is 82. The lowest BCUT2D eigenvalue weighted by molar-refractivity contribution is -0.445. The maximum Gasteiger partial charge on any atom is 0.407 e. The first-order valence-electron chi connectivity index (χ1n) is 39.3. The minimum absolute atomic E-state index is 0.0298. The number of methoxy groups -OCH3 is 1. The smallest absolute Gasteiger partial charge is 0.407 e. The van der Waals surface area contributed by atoms with Crippen LogP contribution in [0.15, 0.2) is 30.4 Å². The number of imidazole rings is 1. The number of ether oxygens (including phenoxy) is 24. The summed E-state index contributed by atoms with van der Waals surface area (Å²) in [5, 5.41) is 36.2. The van der Waals surface area contributed by atoms with E-state index in [0.29, 0.717) is 230 Å². The van der Waals surface area contributed by atoms with Crippen LogP contribution in [0.4, 0.5) is 10.6 Å². The molecule has 0 fully saturated rings. The molecule has 1 aliphatic rings. The summed E-state index contributed by atoms with van der Waals surface area (Å²) in [6.45, 7) is 24.1. The van der Waals surface area contributed by atoms with Crippen molar-refractivity contribution in [2.24, 2.45) is 0 Å². The van der Waals surface area contributed by atoms with E-state index in [-0.39, 0.29) is 164 Å². The van der Waals surface area contributed by atoms with Crippen LogP contribution >= 0.6 is 0 Å². The highest BCUT2D eigenvalue weighted by atomic mass is 16.6. The van der Waals surface area contributed by atoms with Crippen LogP contribution in [-0.2, 0) is 116 Å². The summed E-state index contributed by atoms with van der Waals surface area (Å²) in [7, 11) is 1.61. The van der Waals surface area contributed by atoms with Crippen molar-refractivity contribution < 1.29 is 143 Å². The lowest BCUT2D eigenvalue weighted by Gasteiger charge is -2.20. The highest BCUT2D eigenvalue weighted by Gasteiger charge is 2.32. The lowest BCUT2D eigenvalue weighted by Crippen LogP contribution is -2.41. The first-order valence-corrected chi connectivity index (χ1v) is 39.3. The second kappa shape index (κ2) is 70.8. The van der Waals surface area contributed by atoms with E-state index in [1.807, 2.05) is 0 Å². The minimum Gasteiger partial charge on any atom is -0.487 e. The molecular formula is C74H130N10O32. The molecule has 0 radical (unpaired) electrons. The Bertz CT molecular complexity index is 2870. The Labute approximate surface area is 679 Å². The van der Waals surface area contributed by atoms with Gasteiger partial charge >= 0.3 is 17.7 Å². The Kier molecular flexibility index (Phi) is 62.9. The molecule has 0 saturated carbocycles. The molecule has 0 spiro atoms. The van der Waals surface area contributed by atoms with Gasteiger partial charge in [-0.2, -0.15) is 0 Å². The molecule has 2 aromatic rings. The molecule has 1 aromatic carbocycles. The van der Waals surface area contributed by atoms with E-state index in [4.69, 9.17) is 114 Å². The molecule has 1 aromatic heterocycles. The van der Waals surface area contributed by atoms with Gasteiger partial charge in [-0.05, 0) is 56.1 Å². The lowest BCUT2D eigenvalue weighted by atomic mass is 10.1. The quantitative estimate of drug-likeness (QED) is 0.0358. The summed E-state index contributed by atoms with van der Waals surface area (Å²) in [5.74, 6) is 0.157.